The van der Waals surface area contributed by atoms with Gasteiger partial charge in [-0.15, -0.1) is 0 Å². The second-order valence-electron chi connectivity index (χ2n) is 3.70. The van der Waals surface area contributed by atoms with Gasteiger partial charge in [0.25, 0.3) is 0 Å². The Balaban J connectivity index is 2.28. The van der Waals surface area contributed by atoms with Crippen LogP contribution >= 0.6 is 11.6 Å². The first-order chi connectivity index (χ1) is 8.61. The molecule has 0 radical (unpaired) electrons. The van der Waals surface area contributed by atoms with Gasteiger partial charge in [-0.2, -0.15) is 0 Å². The molecule has 0 aliphatic carbocycles. The van der Waals surface area contributed by atoms with Crippen molar-refractivity contribution < 1.29 is 9.53 Å². The van der Waals surface area contributed by atoms with Gasteiger partial charge in [-0.3, -0.25) is 4.57 Å². The Bertz CT molecular complexity index is 567. The van der Waals surface area contributed by atoms with Gasteiger partial charge < -0.3 is 10.1 Å². The lowest BCUT2D eigenvalue weighted by Crippen LogP contribution is -2.18. The minimum atomic E-state index is -0.312. The number of carbonyl (C=O) groups excluding carboxylic acids is 1. The first kappa shape index (κ1) is 12.4. The van der Waals surface area contributed by atoms with E-state index < -0.39 is 0 Å². The lowest BCUT2D eigenvalue weighted by molar-refractivity contribution is 0.253. The van der Waals surface area contributed by atoms with Crippen LogP contribution in [0.4, 0.5) is 10.5 Å². The molecule has 94 valence electrons. The molecule has 0 saturated carbocycles. The smallest absolute Gasteiger partial charge is 0.331 e. The average molecular weight is 266 g/mol. The molecule has 0 atom stereocenters. The van der Waals surface area contributed by atoms with Gasteiger partial charge >= 0.3 is 6.03 Å². The van der Waals surface area contributed by atoms with Gasteiger partial charge in [-0.25, -0.2) is 9.78 Å². The van der Waals surface area contributed by atoms with Crippen LogP contribution in [0.5, 0.6) is 5.75 Å². The maximum atomic E-state index is 11.9. The number of rotatable bonds is 2. The number of nitrogens with one attached hydrogen (secondary N) is 1. The van der Waals surface area contributed by atoms with Crippen LogP contribution in [0, 0.1) is 6.92 Å². The van der Waals surface area contributed by atoms with Crippen LogP contribution in [0.2, 0.25) is 5.02 Å². The van der Waals surface area contributed by atoms with Crippen molar-refractivity contribution in [2.24, 2.45) is 0 Å². The molecular weight excluding hydrogens is 254 g/mol. The van der Waals surface area contributed by atoms with Crippen molar-refractivity contribution in [3.05, 3.63) is 41.4 Å². The number of imidazole rings is 1. The monoisotopic (exact) mass is 265 g/mol. The van der Waals surface area contributed by atoms with E-state index in [4.69, 9.17) is 16.3 Å². The minimum Gasteiger partial charge on any atom is -0.495 e. The quantitative estimate of drug-likeness (QED) is 0.908. The molecule has 1 N–H and O–H groups in total. The van der Waals surface area contributed by atoms with E-state index in [0.717, 1.165) is 5.56 Å². The highest BCUT2D eigenvalue weighted by molar-refractivity contribution is 6.31. The fraction of sp³-hybridized carbons (Fsp3) is 0.167. The van der Waals surface area contributed by atoms with Crippen molar-refractivity contribution in [2.75, 3.05) is 12.4 Å². The summed E-state index contributed by atoms with van der Waals surface area (Å²) in [4.78, 5) is 15.7. The molecule has 2 rings (SSSR count). The first-order valence-corrected chi connectivity index (χ1v) is 5.63. The van der Waals surface area contributed by atoms with Crippen LogP contribution in [0.25, 0.3) is 0 Å². The summed E-state index contributed by atoms with van der Waals surface area (Å²) in [6.45, 7) is 1.86. The van der Waals surface area contributed by atoms with E-state index in [0.29, 0.717) is 16.5 Å². The Labute approximate surface area is 109 Å². The number of methoxy groups -OCH3 is 1. The third kappa shape index (κ3) is 2.46. The van der Waals surface area contributed by atoms with Crippen LogP contribution < -0.4 is 10.1 Å². The van der Waals surface area contributed by atoms with Gasteiger partial charge in [0.05, 0.1) is 12.8 Å². The number of amides is 1. The summed E-state index contributed by atoms with van der Waals surface area (Å²) in [5.41, 5.74) is 1.43. The Kier molecular flexibility index (Phi) is 3.53. The van der Waals surface area contributed by atoms with Gasteiger partial charge in [0.1, 0.15) is 12.1 Å². The highest BCUT2D eigenvalue weighted by Crippen LogP contribution is 2.30. The number of nitrogens with zero attached hydrogens (tertiary/aromatic N) is 2. The van der Waals surface area contributed by atoms with E-state index in [1.54, 1.807) is 18.3 Å². The maximum Gasteiger partial charge on any atom is 0.331 e. The number of carbonyl (C=O) groups is 1. The van der Waals surface area contributed by atoms with Crippen molar-refractivity contribution in [1.82, 2.24) is 9.55 Å². The van der Waals surface area contributed by atoms with Gasteiger partial charge in [0.2, 0.25) is 0 Å². The standard InChI is InChI=1S/C12H12ClN3O2/c1-8-5-10(11(18-2)6-9(8)13)15-12(17)16-4-3-14-7-16/h3-7H,1-2H3,(H,15,17). The molecule has 0 saturated heterocycles. The largest absolute Gasteiger partial charge is 0.495 e. The van der Waals surface area contributed by atoms with Crippen molar-refractivity contribution >= 4 is 23.3 Å². The predicted octanol–water partition coefficient (Wildman–Crippen LogP) is 2.93. The molecule has 0 bridgehead atoms. The maximum absolute atomic E-state index is 11.9. The summed E-state index contributed by atoms with van der Waals surface area (Å²) in [5.74, 6) is 0.513. The molecule has 0 aliphatic heterocycles. The molecule has 1 heterocycles. The van der Waals surface area contributed by atoms with Crippen LogP contribution in [-0.4, -0.2) is 22.7 Å². The van der Waals surface area contributed by atoms with Crippen LogP contribution in [0.15, 0.2) is 30.9 Å². The zero-order valence-electron chi connectivity index (χ0n) is 9.98. The molecule has 18 heavy (non-hydrogen) atoms. The fourth-order valence-electron chi connectivity index (χ4n) is 1.49. The van der Waals surface area contributed by atoms with Gasteiger partial charge in [0.15, 0.2) is 0 Å². The summed E-state index contributed by atoms with van der Waals surface area (Å²) in [5, 5.41) is 3.32. The zero-order chi connectivity index (χ0) is 13.1. The second-order valence-corrected chi connectivity index (χ2v) is 4.11. The fourth-order valence-corrected chi connectivity index (χ4v) is 1.64. The number of hydrogen-bond donors (Lipinski definition) is 1. The average Bonchev–Trinajstić information content (AvgIpc) is 2.87. The van der Waals surface area contributed by atoms with E-state index in [2.05, 4.69) is 10.3 Å². The Morgan fingerprint density at radius 3 is 2.89 bits per heavy atom. The lowest BCUT2D eigenvalue weighted by atomic mass is 10.2. The molecule has 0 fully saturated rings. The number of ether oxygens (including phenoxy) is 1. The number of anilines is 1. The molecule has 0 spiro atoms. The first-order valence-electron chi connectivity index (χ1n) is 5.25. The van der Waals surface area contributed by atoms with E-state index in [9.17, 15) is 4.79 Å². The van der Waals surface area contributed by atoms with E-state index in [1.165, 1.54) is 24.2 Å². The number of aryl methyl sites for hydroxylation is 1. The normalized spacial score (nSPS) is 10.2. The van der Waals surface area contributed by atoms with Crippen molar-refractivity contribution in [3.8, 4) is 5.75 Å². The molecular formula is C12H12ClN3O2. The van der Waals surface area contributed by atoms with Crippen molar-refractivity contribution in [1.29, 1.82) is 0 Å². The third-order valence-corrected chi connectivity index (χ3v) is 2.87. The summed E-state index contributed by atoms with van der Waals surface area (Å²) in [7, 11) is 1.52. The topological polar surface area (TPSA) is 56.1 Å². The summed E-state index contributed by atoms with van der Waals surface area (Å²) in [6, 6.07) is 3.11. The van der Waals surface area contributed by atoms with E-state index in [-0.39, 0.29) is 6.03 Å². The number of halogens is 1. The lowest BCUT2D eigenvalue weighted by Gasteiger charge is -2.12. The number of benzene rings is 1. The highest BCUT2D eigenvalue weighted by Gasteiger charge is 2.11. The molecule has 2 aromatic rings. The molecule has 0 unspecified atom stereocenters. The van der Waals surface area contributed by atoms with Crippen LogP contribution in [0.1, 0.15) is 5.56 Å². The Morgan fingerprint density at radius 2 is 2.28 bits per heavy atom. The molecule has 1 aromatic heterocycles. The number of hydrogen-bond acceptors (Lipinski definition) is 3. The molecule has 5 nitrogen and oxygen atoms in total. The van der Waals surface area contributed by atoms with Crippen molar-refractivity contribution in [2.45, 2.75) is 6.92 Å². The van der Waals surface area contributed by atoms with E-state index >= 15 is 0 Å². The van der Waals surface area contributed by atoms with E-state index in [1.807, 2.05) is 6.92 Å². The highest BCUT2D eigenvalue weighted by atomic mass is 35.5. The third-order valence-electron chi connectivity index (χ3n) is 2.46. The van der Waals surface area contributed by atoms with Crippen LogP contribution in [-0.2, 0) is 0 Å². The van der Waals surface area contributed by atoms with Gasteiger partial charge in [-0.1, -0.05) is 11.6 Å². The molecule has 6 heteroatoms. The Hall–Kier alpha value is -2.01. The summed E-state index contributed by atoms with van der Waals surface area (Å²) in [6.07, 6.45) is 4.51. The van der Waals surface area contributed by atoms with Crippen molar-refractivity contribution in [3.63, 3.8) is 0 Å². The van der Waals surface area contributed by atoms with Crippen LogP contribution in [0.3, 0.4) is 0 Å². The molecule has 1 aromatic carbocycles. The predicted molar refractivity (Wildman–Crippen MR) is 69.4 cm³/mol. The second kappa shape index (κ2) is 5.10. The van der Waals surface area contributed by atoms with Gasteiger partial charge in [0, 0.05) is 23.5 Å². The Morgan fingerprint density at radius 1 is 1.50 bits per heavy atom. The SMILES string of the molecule is COc1cc(Cl)c(C)cc1NC(=O)n1ccnc1. The molecule has 1 amide bonds. The molecule has 0 aliphatic rings. The number of aromatic nitrogens is 2. The summed E-state index contributed by atoms with van der Waals surface area (Å²) < 4.78 is 6.51. The summed E-state index contributed by atoms with van der Waals surface area (Å²) >= 11 is 5.99. The minimum absolute atomic E-state index is 0.312. The zero-order valence-corrected chi connectivity index (χ0v) is 10.7. The van der Waals surface area contributed by atoms with Gasteiger partial charge in [-0.05, 0) is 18.6 Å².